The highest BCUT2D eigenvalue weighted by atomic mass is 35.5. The van der Waals surface area contributed by atoms with Gasteiger partial charge in [-0.15, -0.1) is 12.4 Å². The lowest BCUT2D eigenvalue weighted by Crippen LogP contribution is -2.35. The van der Waals surface area contributed by atoms with Crippen molar-refractivity contribution in [3.05, 3.63) is 18.3 Å². The first kappa shape index (κ1) is 17.5. The van der Waals surface area contributed by atoms with E-state index in [1.54, 1.807) is 0 Å². The van der Waals surface area contributed by atoms with E-state index in [1.807, 2.05) is 0 Å². The molecule has 1 aliphatic heterocycles. The second-order valence-corrected chi connectivity index (χ2v) is 4.43. The number of nitrogens with one attached hydrogen (secondary N) is 2. The van der Waals surface area contributed by atoms with E-state index in [2.05, 4.69) is 20.4 Å². The second-order valence-electron chi connectivity index (χ2n) is 4.43. The maximum Gasteiger partial charge on any atom is 0.422 e. The van der Waals surface area contributed by atoms with Crippen LogP contribution < -0.4 is 15.4 Å². The third-order valence-electron chi connectivity index (χ3n) is 2.76. The summed E-state index contributed by atoms with van der Waals surface area (Å²) < 4.78 is 40.3. The van der Waals surface area contributed by atoms with E-state index in [-0.39, 0.29) is 30.2 Å². The highest BCUT2D eigenvalue weighted by Crippen LogP contribution is 2.18. The molecule has 0 aromatic carbocycles. The van der Waals surface area contributed by atoms with Crippen molar-refractivity contribution in [1.82, 2.24) is 10.3 Å². The monoisotopic (exact) mass is 325 g/mol. The Hall–Kier alpha value is -1.54. The number of halogens is 4. The summed E-state index contributed by atoms with van der Waals surface area (Å²) in [5.74, 6) is -0.312. The first-order valence-corrected chi connectivity index (χ1v) is 6.14. The molecule has 2 heterocycles. The Morgan fingerprint density at radius 2 is 2.24 bits per heavy atom. The van der Waals surface area contributed by atoms with Gasteiger partial charge in [0.25, 0.3) is 0 Å². The van der Waals surface area contributed by atoms with E-state index >= 15 is 0 Å². The van der Waals surface area contributed by atoms with E-state index in [1.165, 1.54) is 18.3 Å². The van der Waals surface area contributed by atoms with Crippen molar-refractivity contribution in [2.24, 2.45) is 0 Å². The minimum absolute atomic E-state index is 0. The zero-order chi connectivity index (χ0) is 14.6. The number of anilines is 1. The van der Waals surface area contributed by atoms with Crippen molar-refractivity contribution in [2.75, 3.05) is 18.5 Å². The summed E-state index contributed by atoms with van der Waals surface area (Å²) in [6.45, 7) is -0.585. The van der Waals surface area contributed by atoms with E-state index in [0.29, 0.717) is 5.69 Å². The molecule has 5 nitrogen and oxygen atoms in total. The highest BCUT2D eigenvalue weighted by molar-refractivity contribution is 5.94. The lowest BCUT2D eigenvalue weighted by atomic mass is 10.2. The quantitative estimate of drug-likeness (QED) is 0.890. The SMILES string of the molecule is Cl.O=C(Nc1ccc(OCC(F)(F)F)nc1)C1CCCN1. The number of hydrogen-bond donors (Lipinski definition) is 2. The number of carbonyl (C=O) groups is 1. The molecule has 1 unspecified atom stereocenters. The Bertz CT molecular complexity index is 462. The van der Waals surface area contributed by atoms with Gasteiger partial charge in [-0.1, -0.05) is 0 Å². The molecule has 1 aliphatic rings. The number of hydrogen-bond acceptors (Lipinski definition) is 4. The fourth-order valence-corrected chi connectivity index (χ4v) is 1.83. The van der Waals surface area contributed by atoms with Crippen molar-refractivity contribution in [1.29, 1.82) is 0 Å². The number of amides is 1. The number of rotatable bonds is 4. The van der Waals surface area contributed by atoms with Crippen molar-refractivity contribution >= 4 is 24.0 Å². The number of aromatic nitrogens is 1. The van der Waals surface area contributed by atoms with Crippen molar-refractivity contribution in [2.45, 2.75) is 25.1 Å². The molecule has 2 N–H and O–H groups in total. The predicted molar refractivity (Wildman–Crippen MR) is 72.7 cm³/mol. The average Bonchev–Trinajstić information content (AvgIpc) is 2.91. The molecule has 0 radical (unpaired) electrons. The third-order valence-corrected chi connectivity index (χ3v) is 2.76. The first-order valence-electron chi connectivity index (χ1n) is 6.14. The molecule has 0 bridgehead atoms. The molecule has 1 saturated heterocycles. The van der Waals surface area contributed by atoms with Gasteiger partial charge in [0.1, 0.15) is 0 Å². The molecule has 0 aliphatic carbocycles. The van der Waals surface area contributed by atoms with E-state index < -0.39 is 12.8 Å². The summed E-state index contributed by atoms with van der Waals surface area (Å²) in [6.07, 6.45) is -1.42. The molecule has 2 rings (SSSR count). The lowest BCUT2D eigenvalue weighted by Gasteiger charge is -2.11. The summed E-state index contributed by atoms with van der Waals surface area (Å²) in [4.78, 5) is 15.5. The van der Waals surface area contributed by atoms with Gasteiger partial charge in [0.15, 0.2) is 6.61 Å². The normalized spacial score (nSPS) is 18.0. The van der Waals surface area contributed by atoms with Crippen LogP contribution in [0.5, 0.6) is 5.88 Å². The van der Waals surface area contributed by atoms with Gasteiger partial charge in [-0.05, 0) is 25.5 Å². The summed E-state index contributed by atoms with van der Waals surface area (Å²) in [5, 5.41) is 5.68. The fraction of sp³-hybridized carbons (Fsp3) is 0.500. The molecule has 1 aromatic heterocycles. The molecule has 1 aromatic rings. The third kappa shape index (κ3) is 5.76. The number of carbonyl (C=O) groups excluding carboxylic acids is 1. The van der Waals surface area contributed by atoms with Crippen LogP contribution in [0, 0.1) is 0 Å². The van der Waals surface area contributed by atoms with Gasteiger partial charge in [0.2, 0.25) is 11.8 Å². The minimum atomic E-state index is -4.40. The van der Waals surface area contributed by atoms with E-state index in [0.717, 1.165) is 19.4 Å². The Balaban J connectivity index is 0.00000220. The fourth-order valence-electron chi connectivity index (χ4n) is 1.83. The molecule has 0 saturated carbocycles. The molecule has 9 heteroatoms. The zero-order valence-electron chi connectivity index (χ0n) is 10.9. The number of ether oxygens (including phenoxy) is 1. The van der Waals surface area contributed by atoms with Crippen LogP contribution in [0.25, 0.3) is 0 Å². The van der Waals surface area contributed by atoms with Crippen LogP contribution in [0.2, 0.25) is 0 Å². The molecule has 1 amide bonds. The minimum Gasteiger partial charge on any atom is -0.468 e. The van der Waals surface area contributed by atoms with Crippen molar-refractivity contribution in [3.63, 3.8) is 0 Å². The summed E-state index contributed by atoms with van der Waals surface area (Å²) in [5.41, 5.74) is 0.419. The van der Waals surface area contributed by atoms with Crippen LogP contribution in [0.1, 0.15) is 12.8 Å². The predicted octanol–water partition coefficient (Wildman–Crippen LogP) is 2.13. The zero-order valence-corrected chi connectivity index (χ0v) is 11.8. The standard InChI is InChI=1S/C12H14F3N3O2.ClH/c13-12(14,15)7-20-10-4-3-8(6-17-10)18-11(19)9-2-1-5-16-9;/h3-4,6,9,16H,1-2,5,7H2,(H,18,19);1H. The molecule has 0 spiro atoms. The molecule has 21 heavy (non-hydrogen) atoms. The van der Waals surface area contributed by atoms with Gasteiger partial charge in [-0.3, -0.25) is 4.79 Å². The molecule has 1 fully saturated rings. The molecule has 118 valence electrons. The number of nitrogens with zero attached hydrogens (tertiary/aromatic N) is 1. The maximum absolute atomic E-state index is 11.9. The Labute approximate surface area is 125 Å². The van der Waals surface area contributed by atoms with Crippen LogP contribution in [-0.4, -0.2) is 36.3 Å². The van der Waals surface area contributed by atoms with Gasteiger partial charge >= 0.3 is 6.18 Å². The van der Waals surface area contributed by atoms with E-state index in [9.17, 15) is 18.0 Å². The topological polar surface area (TPSA) is 63.2 Å². The molecular weight excluding hydrogens is 311 g/mol. The van der Waals surface area contributed by atoms with Gasteiger partial charge in [0, 0.05) is 6.07 Å². The van der Waals surface area contributed by atoms with Crippen molar-refractivity contribution < 1.29 is 22.7 Å². The summed E-state index contributed by atoms with van der Waals surface area (Å²) in [7, 11) is 0. The van der Waals surface area contributed by atoms with Gasteiger partial charge in [-0.25, -0.2) is 4.98 Å². The smallest absolute Gasteiger partial charge is 0.422 e. The Kier molecular flexibility index (Phi) is 6.22. The number of pyridine rings is 1. The number of alkyl halides is 3. The molecule has 1 atom stereocenters. The Morgan fingerprint density at radius 3 is 2.76 bits per heavy atom. The maximum atomic E-state index is 11.9. The van der Waals surface area contributed by atoms with Crippen LogP contribution in [0.3, 0.4) is 0 Å². The van der Waals surface area contributed by atoms with Crippen LogP contribution >= 0.6 is 12.4 Å². The van der Waals surface area contributed by atoms with Crippen LogP contribution in [-0.2, 0) is 4.79 Å². The van der Waals surface area contributed by atoms with Gasteiger partial charge in [-0.2, -0.15) is 13.2 Å². The first-order chi connectivity index (χ1) is 9.44. The second kappa shape index (κ2) is 7.46. The molecular formula is C12H15ClF3N3O2. The van der Waals surface area contributed by atoms with Crippen molar-refractivity contribution in [3.8, 4) is 5.88 Å². The van der Waals surface area contributed by atoms with E-state index in [4.69, 9.17) is 0 Å². The lowest BCUT2D eigenvalue weighted by molar-refractivity contribution is -0.154. The summed E-state index contributed by atoms with van der Waals surface area (Å²) in [6, 6.07) is 2.51. The largest absolute Gasteiger partial charge is 0.468 e. The van der Waals surface area contributed by atoms with Gasteiger partial charge < -0.3 is 15.4 Å². The average molecular weight is 326 g/mol. The van der Waals surface area contributed by atoms with Gasteiger partial charge in [0.05, 0.1) is 17.9 Å². The highest BCUT2D eigenvalue weighted by Gasteiger charge is 2.28. The van der Waals surface area contributed by atoms with Crippen LogP contribution in [0.15, 0.2) is 18.3 Å². The summed E-state index contributed by atoms with van der Waals surface area (Å²) >= 11 is 0. The Morgan fingerprint density at radius 1 is 1.48 bits per heavy atom. The van der Waals surface area contributed by atoms with Crippen LogP contribution in [0.4, 0.5) is 18.9 Å².